The molecule has 0 aliphatic rings. The highest BCUT2D eigenvalue weighted by Gasteiger charge is 2.13. The maximum atomic E-state index is 11.3. The Kier molecular flexibility index (Phi) is 4.64. The van der Waals surface area contributed by atoms with Crippen molar-refractivity contribution in [2.45, 2.75) is 25.3 Å². The minimum atomic E-state index is -0.224. The molecule has 5 nitrogen and oxygen atoms in total. The van der Waals surface area contributed by atoms with Gasteiger partial charge < -0.3 is 4.74 Å². The lowest BCUT2D eigenvalue weighted by Crippen LogP contribution is -2.04. The van der Waals surface area contributed by atoms with Crippen molar-refractivity contribution >= 4 is 23.2 Å². The first kappa shape index (κ1) is 14.4. The molecule has 0 radical (unpaired) electrons. The van der Waals surface area contributed by atoms with Crippen LogP contribution in [0, 0.1) is 18.3 Å². The molecule has 2 aromatic heterocycles. The zero-order valence-corrected chi connectivity index (χ0v) is 12.2. The lowest BCUT2D eigenvalue weighted by atomic mass is 10.2. The number of nitriles is 1. The lowest BCUT2D eigenvalue weighted by Gasteiger charge is -2.00. The van der Waals surface area contributed by atoms with E-state index >= 15 is 0 Å². The monoisotopic (exact) mass is 289 g/mol. The average Bonchev–Trinajstić information content (AvgIpc) is 2.75. The van der Waals surface area contributed by atoms with Gasteiger partial charge in [-0.1, -0.05) is 0 Å². The summed E-state index contributed by atoms with van der Waals surface area (Å²) < 4.78 is 6.56. The van der Waals surface area contributed by atoms with Crippen LogP contribution in [0.5, 0.6) is 0 Å². The second kappa shape index (κ2) is 6.44. The Morgan fingerprint density at radius 1 is 1.60 bits per heavy atom. The van der Waals surface area contributed by atoms with Gasteiger partial charge in [-0.15, -0.1) is 11.8 Å². The molecule has 0 aliphatic heterocycles. The Labute approximate surface area is 121 Å². The average molecular weight is 289 g/mol. The number of carbonyl (C=O) groups excluding carboxylic acids is 1. The SMILES string of the molecule is CCOC(=O)CCSc1nn2ccc(C)cc2c1C#N. The van der Waals surface area contributed by atoms with Crippen LogP contribution in [0.2, 0.25) is 0 Å². The predicted octanol–water partition coefficient (Wildman–Crippen LogP) is 2.56. The summed E-state index contributed by atoms with van der Waals surface area (Å²) in [6.45, 7) is 4.14. The molecule has 104 valence electrons. The molecule has 2 aromatic rings. The van der Waals surface area contributed by atoms with E-state index in [4.69, 9.17) is 4.74 Å². The van der Waals surface area contributed by atoms with E-state index in [2.05, 4.69) is 11.2 Å². The molecule has 0 saturated heterocycles. The number of thioether (sulfide) groups is 1. The summed E-state index contributed by atoms with van der Waals surface area (Å²) in [5, 5.41) is 14.3. The molecule has 0 atom stereocenters. The number of hydrogen-bond donors (Lipinski definition) is 0. The molecule has 0 N–H and O–H groups in total. The van der Waals surface area contributed by atoms with Gasteiger partial charge in [-0.3, -0.25) is 4.79 Å². The van der Waals surface area contributed by atoms with E-state index in [9.17, 15) is 10.1 Å². The van der Waals surface area contributed by atoms with Crippen LogP contribution < -0.4 is 0 Å². The molecule has 0 aromatic carbocycles. The van der Waals surface area contributed by atoms with Crippen molar-refractivity contribution in [1.29, 1.82) is 5.26 Å². The first-order valence-corrected chi connectivity index (χ1v) is 7.31. The number of hydrogen-bond acceptors (Lipinski definition) is 5. The molecule has 6 heteroatoms. The van der Waals surface area contributed by atoms with Crippen molar-refractivity contribution in [3.05, 3.63) is 29.5 Å². The summed E-state index contributed by atoms with van der Waals surface area (Å²) in [4.78, 5) is 11.3. The summed E-state index contributed by atoms with van der Waals surface area (Å²) in [6.07, 6.45) is 2.15. The number of aryl methyl sites for hydroxylation is 1. The van der Waals surface area contributed by atoms with Crippen molar-refractivity contribution in [2.75, 3.05) is 12.4 Å². The molecule has 2 heterocycles. The minimum Gasteiger partial charge on any atom is -0.466 e. The molecule has 20 heavy (non-hydrogen) atoms. The lowest BCUT2D eigenvalue weighted by molar-refractivity contribution is -0.142. The number of nitrogens with zero attached hydrogens (tertiary/aromatic N) is 3. The summed E-state index contributed by atoms with van der Waals surface area (Å²) >= 11 is 1.40. The second-order valence-electron chi connectivity index (χ2n) is 4.23. The van der Waals surface area contributed by atoms with Crippen LogP contribution in [0.3, 0.4) is 0 Å². The first-order valence-electron chi connectivity index (χ1n) is 6.33. The summed E-state index contributed by atoms with van der Waals surface area (Å²) in [5.74, 6) is 0.328. The maximum Gasteiger partial charge on any atom is 0.306 e. The fourth-order valence-electron chi connectivity index (χ4n) is 1.80. The number of ether oxygens (including phenoxy) is 1. The fraction of sp³-hybridized carbons (Fsp3) is 0.357. The Morgan fingerprint density at radius 2 is 2.40 bits per heavy atom. The van der Waals surface area contributed by atoms with Gasteiger partial charge in [0.2, 0.25) is 0 Å². The van der Waals surface area contributed by atoms with Gasteiger partial charge in [0.15, 0.2) is 0 Å². The zero-order valence-electron chi connectivity index (χ0n) is 11.4. The largest absolute Gasteiger partial charge is 0.466 e. The fourth-order valence-corrected chi connectivity index (χ4v) is 2.70. The van der Waals surface area contributed by atoms with Crippen molar-refractivity contribution in [3.63, 3.8) is 0 Å². The minimum absolute atomic E-state index is 0.224. The normalized spacial score (nSPS) is 10.4. The molecular formula is C14H15N3O2S. The van der Waals surface area contributed by atoms with Crippen LogP contribution in [0.25, 0.3) is 5.52 Å². The van der Waals surface area contributed by atoms with E-state index < -0.39 is 0 Å². The van der Waals surface area contributed by atoms with Crippen molar-refractivity contribution in [2.24, 2.45) is 0 Å². The number of aromatic nitrogens is 2. The van der Waals surface area contributed by atoms with Gasteiger partial charge in [0.05, 0.1) is 18.5 Å². The summed E-state index contributed by atoms with van der Waals surface area (Å²) in [5.41, 5.74) is 2.44. The highest BCUT2D eigenvalue weighted by atomic mass is 32.2. The van der Waals surface area contributed by atoms with Crippen molar-refractivity contribution in [3.8, 4) is 6.07 Å². The van der Waals surface area contributed by atoms with Gasteiger partial charge in [-0.25, -0.2) is 4.52 Å². The Balaban J connectivity index is 2.14. The molecule has 0 unspecified atom stereocenters. The standard InChI is InChI=1S/C14H15N3O2S/c1-3-19-13(18)5-7-20-14-11(9-15)12-8-10(2)4-6-17(12)16-14/h4,6,8H,3,5,7H2,1-2H3. The van der Waals surface area contributed by atoms with Crippen LogP contribution in [0.1, 0.15) is 24.5 Å². The number of rotatable bonds is 5. The van der Waals surface area contributed by atoms with Crippen molar-refractivity contribution < 1.29 is 9.53 Å². The zero-order chi connectivity index (χ0) is 14.5. The van der Waals surface area contributed by atoms with Gasteiger partial charge >= 0.3 is 5.97 Å². The van der Waals surface area contributed by atoms with Gasteiger partial charge in [-0.05, 0) is 31.5 Å². The third-order valence-corrected chi connectivity index (χ3v) is 3.69. The van der Waals surface area contributed by atoms with Crippen molar-refractivity contribution in [1.82, 2.24) is 9.61 Å². The second-order valence-corrected chi connectivity index (χ2v) is 5.31. The summed E-state index contributed by atoms with van der Waals surface area (Å²) in [7, 11) is 0. The molecule has 0 saturated carbocycles. The summed E-state index contributed by atoms with van der Waals surface area (Å²) in [6, 6.07) is 6.06. The van der Waals surface area contributed by atoms with E-state index in [1.165, 1.54) is 11.8 Å². The molecule has 0 bridgehead atoms. The van der Waals surface area contributed by atoms with Crippen LogP contribution >= 0.6 is 11.8 Å². The van der Waals surface area contributed by atoms with Crippen LogP contribution in [0.4, 0.5) is 0 Å². The molecule has 0 amide bonds. The Morgan fingerprint density at radius 3 is 3.10 bits per heavy atom. The quantitative estimate of drug-likeness (QED) is 0.625. The molecule has 2 rings (SSSR count). The maximum absolute atomic E-state index is 11.3. The van der Waals surface area contributed by atoms with E-state index in [0.29, 0.717) is 29.4 Å². The molecule has 0 spiro atoms. The first-order chi connectivity index (χ1) is 9.65. The predicted molar refractivity (Wildman–Crippen MR) is 76.6 cm³/mol. The van der Waals surface area contributed by atoms with E-state index in [-0.39, 0.29) is 5.97 Å². The van der Waals surface area contributed by atoms with Gasteiger partial charge in [0.25, 0.3) is 0 Å². The topological polar surface area (TPSA) is 67.4 Å². The number of carbonyl (C=O) groups is 1. The van der Waals surface area contributed by atoms with Crippen LogP contribution in [0.15, 0.2) is 23.4 Å². The third-order valence-electron chi connectivity index (χ3n) is 2.72. The Bertz CT molecular complexity index is 673. The highest BCUT2D eigenvalue weighted by molar-refractivity contribution is 7.99. The number of fused-ring (bicyclic) bond motifs is 1. The smallest absolute Gasteiger partial charge is 0.306 e. The third kappa shape index (κ3) is 3.11. The van der Waals surface area contributed by atoms with Crippen LogP contribution in [-0.4, -0.2) is 27.9 Å². The number of pyridine rings is 1. The van der Waals surface area contributed by atoms with Gasteiger partial charge in [0, 0.05) is 11.9 Å². The van der Waals surface area contributed by atoms with E-state index in [1.807, 2.05) is 25.3 Å². The highest BCUT2D eigenvalue weighted by Crippen LogP contribution is 2.25. The van der Waals surface area contributed by atoms with Gasteiger partial charge in [0.1, 0.15) is 16.7 Å². The molecule has 0 aliphatic carbocycles. The Hall–Kier alpha value is -2.00. The van der Waals surface area contributed by atoms with Crippen LogP contribution in [-0.2, 0) is 9.53 Å². The molecule has 0 fully saturated rings. The van der Waals surface area contributed by atoms with E-state index in [1.54, 1.807) is 11.4 Å². The van der Waals surface area contributed by atoms with E-state index in [0.717, 1.165) is 11.1 Å². The number of esters is 1. The van der Waals surface area contributed by atoms with Gasteiger partial charge in [-0.2, -0.15) is 10.4 Å². The molecular weight excluding hydrogens is 274 g/mol.